The first-order valence-corrected chi connectivity index (χ1v) is 4.71. The zero-order valence-corrected chi connectivity index (χ0v) is 8.91. The van der Waals surface area contributed by atoms with Crippen molar-refractivity contribution in [2.45, 2.75) is 20.8 Å². The van der Waals surface area contributed by atoms with Gasteiger partial charge < -0.3 is 0 Å². The molecule has 1 rings (SSSR count). The molecule has 1 nitrogen and oxygen atoms in total. The zero-order valence-electron chi connectivity index (χ0n) is 8.91. The summed E-state index contributed by atoms with van der Waals surface area (Å²) < 4.78 is 0. The first kappa shape index (κ1) is 10.5. The van der Waals surface area contributed by atoms with Gasteiger partial charge in [0.15, 0.2) is 0 Å². The van der Waals surface area contributed by atoms with Gasteiger partial charge in [-0.2, -0.15) is 5.26 Å². The van der Waals surface area contributed by atoms with Crippen LogP contribution in [-0.2, 0) is 0 Å². The summed E-state index contributed by atoms with van der Waals surface area (Å²) in [6.07, 6.45) is 4.25. The largest absolute Gasteiger partial charge is 0.192 e. The number of rotatable bonds is 1. The molecule has 0 aliphatic heterocycles. The summed E-state index contributed by atoms with van der Waals surface area (Å²) in [5.74, 6) is 0. The number of allylic oxidation sites excluding steroid dienone is 1. The Bertz CT molecular complexity index is 358. The molecule has 14 heavy (non-hydrogen) atoms. The summed E-state index contributed by atoms with van der Waals surface area (Å²) in [5.41, 5.74) is 2.05. The average molecular weight is 185 g/mol. The van der Waals surface area contributed by atoms with Crippen LogP contribution in [0.2, 0.25) is 0 Å². The fourth-order valence-corrected chi connectivity index (χ4v) is 1.01. The zero-order chi connectivity index (χ0) is 10.6. The van der Waals surface area contributed by atoms with Crippen molar-refractivity contribution >= 4 is 6.08 Å². The van der Waals surface area contributed by atoms with Crippen molar-refractivity contribution in [3.63, 3.8) is 0 Å². The van der Waals surface area contributed by atoms with Crippen LogP contribution in [-0.4, -0.2) is 0 Å². The second-order valence-corrected chi connectivity index (χ2v) is 4.43. The average Bonchev–Trinajstić information content (AvgIpc) is 2.14. The first-order chi connectivity index (χ1) is 6.51. The fraction of sp³-hybridized carbons (Fsp3) is 0.308. The lowest BCUT2D eigenvalue weighted by Gasteiger charge is -2.10. The number of hydrogen-bond donors (Lipinski definition) is 0. The van der Waals surface area contributed by atoms with Crippen molar-refractivity contribution in [2.75, 3.05) is 0 Å². The van der Waals surface area contributed by atoms with Crippen LogP contribution in [0, 0.1) is 16.7 Å². The first-order valence-electron chi connectivity index (χ1n) is 4.71. The molecule has 0 saturated carbocycles. The minimum absolute atomic E-state index is 0.202. The Balaban J connectivity index is 2.80. The summed E-state index contributed by atoms with van der Waals surface area (Å²) in [4.78, 5) is 0. The number of hydrogen-bond acceptors (Lipinski definition) is 1. The fourth-order valence-electron chi connectivity index (χ4n) is 1.01. The Hall–Kier alpha value is -1.55. The van der Waals surface area contributed by atoms with E-state index in [0.717, 1.165) is 5.56 Å². The summed E-state index contributed by atoms with van der Waals surface area (Å²) in [6, 6.07) is 9.69. The van der Waals surface area contributed by atoms with Gasteiger partial charge in [-0.25, -0.2) is 0 Å². The molecule has 1 aromatic carbocycles. The van der Waals surface area contributed by atoms with Gasteiger partial charge in [0.1, 0.15) is 0 Å². The third-order valence-corrected chi connectivity index (χ3v) is 1.82. The summed E-state index contributed by atoms with van der Waals surface area (Å²) in [7, 11) is 0. The van der Waals surface area contributed by atoms with Crippen LogP contribution in [0.5, 0.6) is 0 Å². The number of nitrogens with zero attached hydrogens (tertiary/aromatic N) is 1. The minimum atomic E-state index is 0.202. The predicted molar refractivity (Wildman–Crippen MR) is 59.6 cm³/mol. The lowest BCUT2D eigenvalue weighted by atomic mass is 9.95. The topological polar surface area (TPSA) is 23.8 Å². The van der Waals surface area contributed by atoms with Gasteiger partial charge in [0.05, 0.1) is 11.6 Å². The molecule has 0 radical (unpaired) electrons. The van der Waals surface area contributed by atoms with Crippen LogP contribution in [0.1, 0.15) is 31.9 Å². The quantitative estimate of drug-likeness (QED) is 0.655. The molecule has 0 saturated heterocycles. The van der Waals surface area contributed by atoms with Gasteiger partial charge in [-0.1, -0.05) is 45.1 Å². The Morgan fingerprint density at radius 3 is 2.14 bits per heavy atom. The van der Waals surface area contributed by atoms with Crippen LogP contribution in [0.4, 0.5) is 0 Å². The summed E-state index contributed by atoms with van der Waals surface area (Å²) >= 11 is 0. The molecule has 0 N–H and O–H groups in total. The molecule has 0 aliphatic rings. The molecule has 1 aromatic rings. The monoisotopic (exact) mass is 185 g/mol. The molecule has 0 aromatic heterocycles. The van der Waals surface area contributed by atoms with Crippen LogP contribution >= 0.6 is 0 Å². The van der Waals surface area contributed by atoms with Gasteiger partial charge in [0.25, 0.3) is 0 Å². The maximum absolute atomic E-state index is 8.62. The molecule has 72 valence electrons. The number of nitriles is 1. The van der Waals surface area contributed by atoms with Crippen molar-refractivity contribution in [3.8, 4) is 6.07 Å². The lowest BCUT2D eigenvalue weighted by molar-refractivity contribution is 0.547. The van der Waals surface area contributed by atoms with Gasteiger partial charge in [0.2, 0.25) is 0 Å². The molecular weight excluding hydrogens is 170 g/mol. The molecule has 1 heteroatoms. The van der Waals surface area contributed by atoms with Gasteiger partial charge in [-0.15, -0.1) is 0 Å². The molecule has 0 unspecified atom stereocenters. The highest BCUT2D eigenvalue weighted by molar-refractivity contribution is 5.51. The van der Waals surface area contributed by atoms with Crippen molar-refractivity contribution in [3.05, 3.63) is 41.5 Å². The van der Waals surface area contributed by atoms with Gasteiger partial charge in [0, 0.05) is 0 Å². The standard InChI is InChI=1S/C13H15N/c1-13(2,3)9-8-11-4-6-12(10-14)7-5-11/h4-9H,1-3H3/b9-8+. The number of benzene rings is 1. The lowest BCUT2D eigenvalue weighted by Crippen LogP contribution is -1.97. The molecule has 0 heterocycles. The van der Waals surface area contributed by atoms with E-state index in [0.29, 0.717) is 5.56 Å². The molecular formula is C13H15N. The SMILES string of the molecule is CC(C)(C)/C=C/c1ccc(C#N)cc1. The van der Waals surface area contributed by atoms with E-state index < -0.39 is 0 Å². The molecule has 0 atom stereocenters. The van der Waals surface area contributed by atoms with E-state index in [9.17, 15) is 0 Å². The highest BCUT2D eigenvalue weighted by Crippen LogP contribution is 2.17. The highest BCUT2D eigenvalue weighted by atomic mass is 14.2. The van der Waals surface area contributed by atoms with Crippen molar-refractivity contribution < 1.29 is 0 Å². The Labute approximate surface area is 85.7 Å². The van der Waals surface area contributed by atoms with E-state index >= 15 is 0 Å². The second-order valence-electron chi connectivity index (χ2n) is 4.43. The van der Waals surface area contributed by atoms with Gasteiger partial charge in [-0.05, 0) is 23.1 Å². The minimum Gasteiger partial charge on any atom is -0.192 e. The van der Waals surface area contributed by atoms with Crippen molar-refractivity contribution in [1.82, 2.24) is 0 Å². The van der Waals surface area contributed by atoms with Crippen LogP contribution in [0.25, 0.3) is 6.08 Å². The van der Waals surface area contributed by atoms with Crippen molar-refractivity contribution in [1.29, 1.82) is 5.26 Å². The predicted octanol–water partition coefficient (Wildman–Crippen LogP) is 3.62. The Morgan fingerprint density at radius 2 is 1.71 bits per heavy atom. The van der Waals surface area contributed by atoms with E-state index in [1.807, 2.05) is 24.3 Å². The highest BCUT2D eigenvalue weighted by Gasteiger charge is 2.03. The molecule has 0 bridgehead atoms. The normalized spacial score (nSPS) is 11.6. The Morgan fingerprint density at radius 1 is 1.14 bits per heavy atom. The third kappa shape index (κ3) is 3.45. The third-order valence-electron chi connectivity index (χ3n) is 1.82. The van der Waals surface area contributed by atoms with Crippen LogP contribution in [0.3, 0.4) is 0 Å². The molecule has 0 aliphatic carbocycles. The maximum Gasteiger partial charge on any atom is 0.0991 e. The Kier molecular flexibility index (Phi) is 3.09. The van der Waals surface area contributed by atoms with E-state index in [4.69, 9.17) is 5.26 Å². The van der Waals surface area contributed by atoms with Crippen LogP contribution in [0.15, 0.2) is 30.3 Å². The van der Waals surface area contributed by atoms with E-state index in [2.05, 4.69) is 39.0 Å². The molecule has 0 spiro atoms. The van der Waals surface area contributed by atoms with Gasteiger partial charge in [-0.3, -0.25) is 0 Å². The smallest absolute Gasteiger partial charge is 0.0991 e. The summed E-state index contributed by atoms with van der Waals surface area (Å²) in [5, 5.41) is 8.62. The summed E-state index contributed by atoms with van der Waals surface area (Å²) in [6.45, 7) is 6.48. The van der Waals surface area contributed by atoms with E-state index in [-0.39, 0.29) is 5.41 Å². The second kappa shape index (κ2) is 4.11. The van der Waals surface area contributed by atoms with E-state index in [1.54, 1.807) is 0 Å². The van der Waals surface area contributed by atoms with E-state index in [1.165, 1.54) is 0 Å². The van der Waals surface area contributed by atoms with Crippen LogP contribution < -0.4 is 0 Å². The van der Waals surface area contributed by atoms with Crippen molar-refractivity contribution in [2.24, 2.45) is 5.41 Å². The molecule has 0 fully saturated rings. The van der Waals surface area contributed by atoms with Gasteiger partial charge >= 0.3 is 0 Å². The maximum atomic E-state index is 8.62. The molecule has 0 amide bonds.